The molecule has 0 saturated carbocycles. The van der Waals surface area contributed by atoms with Gasteiger partial charge in [-0.1, -0.05) is 18.2 Å². The molecule has 2 rings (SSSR count). The topological polar surface area (TPSA) is 66.4 Å². The quantitative estimate of drug-likeness (QED) is 0.912. The zero-order chi connectivity index (χ0) is 15.6. The second-order valence-electron chi connectivity index (χ2n) is 4.79. The Labute approximate surface area is 123 Å². The first kappa shape index (κ1) is 15.5. The van der Waals surface area contributed by atoms with Crippen LogP contribution in [-0.2, 0) is 16.6 Å². The number of sulfonamides is 1. The molecule has 0 bridgehead atoms. The lowest BCUT2D eigenvalue weighted by Gasteiger charge is -2.13. The Morgan fingerprint density at radius 1 is 1.19 bits per heavy atom. The summed E-state index contributed by atoms with van der Waals surface area (Å²) in [5.41, 5.74) is 1.56. The summed E-state index contributed by atoms with van der Waals surface area (Å²) in [5, 5.41) is 9.20. The van der Waals surface area contributed by atoms with Gasteiger partial charge in [0.2, 0.25) is 0 Å². The maximum absolute atomic E-state index is 13.8. The second-order valence-corrected chi connectivity index (χ2v) is 6.44. The third kappa shape index (κ3) is 3.22. The number of nitrogens with one attached hydrogen (secondary N) is 1. The van der Waals surface area contributed by atoms with Crippen molar-refractivity contribution in [2.75, 3.05) is 4.72 Å². The molecule has 0 saturated heterocycles. The fourth-order valence-corrected chi connectivity index (χ4v) is 3.38. The molecule has 0 aromatic heterocycles. The van der Waals surface area contributed by atoms with Crippen LogP contribution >= 0.6 is 0 Å². The molecule has 0 aliphatic rings. The monoisotopic (exact) mass is 309 g/mol. The van der Waals surface area contributed by atoms with Crippen molar-refractivity contribution in [3.8, 4) is 0 Å². The first-order valence-electron chi connectivity index (χ1n) is 6.33. The van der Waals surface area contributed by atoms with Crippen molar-refractivity contribution in [3.63, 3.8) is 0 Å². The van der Waals surface area contributed by atoms with Crippen molar-refractivity contribution in [2.45, 2.75) is 25.3 Å². The largest absolute Gasteiger partial charge is 0.392 e. The van der Waals surface area contributed by atoms with E-state index in [1.165, 1.54) is 18.2 Å². The number of aliphatic hydroxyl groups excluding tert-OH is 1. The van der Waals surface area contributed by atoms with Crippen LogP contribution in [0.5, 0.6) is 0 Å². The predicted octanol–water partition coefficient (Wildman–Crippen LogP) is 2.74. The van der Waals surface area contributed by atoms with Crippen LogP contribution in [0.4, 0.5) is 10.1 Å². The van der Waals surface area contributed by atoms with Gasteiger partial charge in [-0.3, -0.25) is 4.72 Å². The lowest BCUT2D eigenvalue weighted by Crippen LogP contribution is -2.16. The minimum absolute atomic E-state index is 0.0222. The number of anilines is 1. The van der Waals surface area contributed by atoms with Gasteiger partial charge < -0.3 is 5.11 Å². The van der Waals surface area contributed by atoms with E-state index in [0.717, 1.165) is 0 Å². The molecule has 0 fully saturated rings. The van der Waals surface area contributed by atoms with E-state index in [9.17, 15) is 17.9 Å². The van der Waals surface area contributed by atoms with E-state index >= 15 is 0 Å². The zero-order valence-electron chi connectivity index (χ0n) is 11.7. The third-order valence-electron chi connectivity index (χ3n) is 3.23. The van der Waals surface area contributed by atoms with Gasteiger partial charge in [-0.15, -0.1) is 0 Å². The van der Waals surface area contributed by atoms with Crippen LogP contribution in [0, 0.1) is 19.7 Å². The number of aryl methyl sites for hydroxylation is 1. The molecule has 2 aromatic carbocycles. The van der Waals surface area contributed by atoms with E-state index in [1.54, 1.807) is 32.0 Å². The lowest BCUT2D eigenvalue weighted by atomic mass is 10.1. The smallest absolute Gasteiger partial charge is 0.262 e. The summed E-state index contributed by atoms with van der Waals surface area (Å²) in [7, 11) is -3.91. The van der Waals surface area contributed by atoms with Gasteiger partial charge in [0.25, 0.3) is 10.0 Å². The summed E-state index contributed by atoms with van der Waals surface area (Å²) < 4.78 is 40.7. The predicted molar refractivity (Wildman–Crippen MR) is 79.0 cm³/mol. The molecule has 0 amide bonds. The van der Waals surface area contributed by atoms with Gasteiger partial charge in [0.1, 0.15) is 5.82 Å². The first-order valence-corrected chi connectivity index (χ1v) is 7.82. The second kappa shape index (κ2) is 5.83. The van der Waals surface area contributed by atoms with Crippen molar-refractivity contribution in [2.24, 2.45) is 0 Å². The van der Waals surface area contributed by atoms with Crippen molar-refractivity contribution in [1.29, 1.82) is 0 Å². The normalized spacial score (nSPS) is 11.4. The van der Waals surface area contributed by atoms with Crippen LogP contribution in [0.2, 0.25) is 0 Å². The van der Waals surface area contributed by atoms with Crippen LogP contribution < -0.4 is 4.72 Å². The average Bonchev–Trinajstić information content (AvgIpc) is 2.42. The van der Waals surface area contributed by atoms with Crippen molar-refractivity contribution in [1.82, 2.24) is 0 Å². The number of halogens is 1. The van der Waals surface area contributed by atoms with E-state index in [-0.39, 0.29) is 17.2 Å². The molecule has 0 heterocycles. The number of rotatable bonds is 4. The minimum atomic E-state index is -3.91. The summed E-state index contributed by atoms with van der Waals surface area (Å²) in [6, 6.07) is 8.86. The molecule has 6 heteroatoms. The molecule has 112 valence electrons. The summed E-state index contributed by atoms with van der Waals surface area (Å²) in [6.07, 6.45) is 0. The maximum Gasteiger partial charge on any atom is 0.262 e. The molecule has 4 nitrogen and oxygen atoms in total. The van der Waals surface area contributed by atoms with E-state index in [4.69, 9.17) is 0 Å². The Hall–Kier alpha value is -1.92. The highest BCUT2D eigenvalue weighted by atomic mass is 32.2. The van der Waals surface area contributed by atoms with Gasteiger partial charge >= 0.3 is 0 Å². The van der Waals surface area contributed by atoms with Gasteiger partial charge in [0.05, 0.1) is 17.2 Å². The number of benzene rings is 2. The Morgan fingerprint density at radius 2 is 1.90 bits per heavy atom. The lowest BCUT2D eigenvalue weighted by molar-refractivity contribution is 0.280. The number of hydrogen-bond donors (Lipinski definition) is 2. The van der Waals surface area contributed by atoms with E-state index < -0.39 is 15.8 Å². The van der Waals surface area contributed by atoms with Gasteiger partial charge in [-0.2, -0.15) is 0 Å². The van der Waals surface area contributed by atoms with Crippen LogP contribution in [0.3, 0.4) is 0 Å². The minimum Gasteiger partial charge on any atom is -0.392 e. The molecule has 0 unspecified atom stereocenters. The van der Waals surface area contributed by atoms with Crippen LogP contribution in [0.25, 0.3) is 0 Å². The van der Waals surface area contributed by atoms with Crippen LogP contribution in [0.1, 0.15) is 16.7 Å². The highest BCUT2D eigenvalue weighted by molar-refractivity contribution is 7.92. The summed E-state index contributed by atoms with van der Waals surface area (Å²) in [6.45, 7) is 3.07. The zero-order valence-corrected chi connectivity index (χ0v) is 12.5. The summed E-state index contributed by atoms with van der Waals surface area (Å²) in [4.78, 5) is 0.0222. The Bertz CT molecular complexity index is 772. The molecular formula is C15H16FNO3S. The van der Waals surface area contributed by atoms with Crippen molar-refractivity contribution >= 4 is 15.7 Å². The van der Waals surface area contributed by atoms with Crippen molar-refractivity contribution in [3.05, 3.63) is 58.9 Å². The van der Waals surface area contributed by atoms with E-state index in [0.29, 0.717) is 16.7 Å². The summed E-state index contributed by atoms with van der Waals surface area (Å²) in [5.74, 6) is -0.630. The van der Waals surface area contributed by atoms with Gasteiger partial charge in [0, 0.05) is 0 Å². The molecule has 0 aliphatic carbocycles. The molecule has 0 aliphatic heterocycles. The molecule has 0 radical (unpaired) electrons. The Morgan fingerprint density at radius 3 is 2.52 bits per heavy atom. The van der Waals surface area contributed by atoms with Gasteiger partial charge in [-0.25, -0.2) is 12.8 Å². The molecule has 21 heavy (non-hydrogen) atoms. The molecular weight excluding hydrogens is 293 g/mol. The molecule has 2 aromatic rings. The number of aliphatic hydroxyl groups is 1. The summed E-state index contributed by atoms with van der Waals surface area (Å²) >= 11 is 0. The third-order valence-corrected chi connectivity index (χ3v) is 4.73. The van der Waals surface area contributed by atoms with Gasteiger partial charge in [0.15, 0.2) is 0 Å². The molecule has 0 spiro atoms. The van der Waals surface area contributed by atoms with E-state index in [1.807, 2.05) is 0 Å². The van der Waals surface area contributed by atoms with Crippen LogP contribution in [-0.4, -0.2) is 13.5 Å². The first-order chi connectivity index (χ1) is 9.85. The SMILES string of the molecule is Cc1ccc(NS(=O)(=O)c2cccc(CO)c2C)c(F)c1. The standard InChI is InChI=1S/C15H16FNO3S/c1-10-6-7-14(13(16)8-10)17-21(19,20)15-5-3-4-12(9-18)11(15)2/h3-8,17-18H,9H2,1-2H3. The Balaban J connectivity index is 2.43. The average molecular weight is 309 g/mol. The van der Waals surface area contributed by atoms with E-state index in [2.05, 4.69) is 4.72 Å². The highest BCUT2D eigenvalue weighted by Crippen LogP contribution is 2.23. The fourth-order valence-electron chi connectivity index (χ4n) is 2.02. The fraction of sp³-hybridized carbons (Fsp3) is 0.200. The highest BCUT2D eigenvalue weighted by Gasteiger charge is 2.19. The van der Waals surface area contributed by atoms with Gasteiger partial charge in [-0.05, 0) is 48.7 Å². The maximum atomic E-state index is 13.8. The Kier molecular flexibility index (Phi) is 4.29. The number of hydrogen-bond acceptors (Lipinski definition) is 3. The van der Waals surface area contributed by atoms with Crippen LogP contribution in [0.15, 0.2) is 41.3 Å². The molecule has 0 atom stereocenters. The molecule has 2 N–H and O–H groups in total. The van der Waals surface area contributed by atoms with Crippen molar-refractivity contribution < 1.29 is 17.9 Å².